The molecule has 1 heterocycles. The van der Waals surface area contributed by atoms with Gasteiger partial charge in [0.1, 0.15) is 11.6 Å². The fourth-order valence-electron chi connectivity index (χ4n) is 1.95. The summed E-state index contributed by atoms with van der Waals surface area (Å²) in [5.41, 5.74) is 0.267. The van der Waals surface area contributed by atoms with Crippen LogP contribution in [0.5, 0.6) is 0 Å². The summed E-state index contributed by atoms with van der Waals surface area (Å²) < 4.78 is 40.0. The molecule has 6 heteroatoms. The fourth-order valence-corrected chi connectivity index (χ4v) is 2.22. The Morgan fingerprint density at radius 1 is 1.33 bits per heavy atom. The number of hydrogen-bond acceptors (Lipinski definition) is 4. The van der Waals surface area contributed by atoms with Gasteiger partial charge < -0.3 is 9.47 Å². The van der Waals surface area contributed by atoms with Gasteiger partial charge in [0.05, 0.1) is 13.2 Å². The normalized spacial score (nSPS) is 18.2. The average molecular weight is 275 g/mol. The average Bonchev–Trinajstić information content (AvgIpc) is 2.87. The highest BCUT2D eigenvalue weighted by Gasteiger charge is 2.20. The first kappa shape index (κ1) is 13.7. The van der Waals surface area contributed by atoms with Crippen LogP contribution in [0.3, 0.4) is 0 Å². The summed E-state index contributed by atoms with van der Waals surface area (Å²) in [6, 6.07) is 3.01. The van der Waals surface area contributed by atoms with Gasteiger partial charge in [-0.1, -0.05) is 12.8 Å². The number of nitrogens with one attached hydrogen (secondary N) is 1. The lowest BCUT2D eigenvalue weighted by atomic mass is 10.0. The van der Waals surface area contributed by atoms with Crippen LogP contribution in [-0.4, -0.2) is 19.5 Å². The summed E-state index contributed by atoms with van der Waals surface area (Å²) in [6.07, 6.45) is 0.897. The zero-order valence-electron chi connectivity index (χ0n) is 9.73. The highest BCUT2D eigenvalue weighted by Crippen LogP contribution is 2.25. The lowest BCUT2D eigenvalue weighted by Crippen LogP contribution is -2.17. The summed E-state index contributed by atoms with van der Waals surface area (Å²) in [7, 11) is 0. The summed E-state index contributed by atoms with van der Waals surface area (Å²) in [5.74, 6) is -0.912. The molecule has 1 saturated heterocycles. The molecule has 3 nitrogen and oxygen atoms in total. The van der Waals surface area contributed by atoms with Crippen LogP contribution in [0.2, 0.25) is 0 Å². The van der Waals surface area contributed by atoms with Gasteiger partial charge in [0.15, 0.2) is 6.29 Å². The molecule has 1 aliphatic rings. The van der Waals surface area contributed by atoms with E-state index in [9.17, 15) is 8.78 Å². The number of halogens is 2. The van der Waals surface area contributed by atoms with Crippen LogP contribution in [0, 0.1) is 11.6 Å². The van der Waals surface area contributed by atoms with Crippen LogP contribution in [0.1, 0.15) is 24.4 Å². The van der Waals surface area contributed by atoms with Crippen molar-refractivity contribution in [2.45, 2.75) is 25.2 Å². The Balaban J connectivity index is 2.00. The molecule has 1 atom stereocenters. The number of rotatable bonds is 5. The number of ether oxygens (including phenoxy) is 2. The topological polar surface area (TPSA) is 30.5 Å². The summed E-state index contributed by atoms with van der Waals surface area (Å²) in [6.45, 7) is 1.16. The lowest BCUT2D eigenvalue weighted by molar-refractivity contribution is -0.0489. The first-order valence-electron chi connectivity index (χ1n) is 5.78. The third kappa shape index (κ3) is 3.41. The highest BCUT2D eigenvalue weighted by molar-refractivity contribution is 7.78. The van der Waals surface area contributed by atoms with Crippen LogP contribution >= 0.6 is 12.8 Å². The highest BCUT2D eigenvalue weighted by atomic mass is 32.1. The SMILES string of the molecule is Fc1ccc(F)c(C(CCC2OCCO2)NS)c1. The summed E-state index contributed by atoms with van der Waals surface area (Å²) >= 11 is 3.96. The minimum absolute atomic E-state index is 0.259. The van der Waals surface area contributed by atoms with E-state index in [2.05, 4.69) is 17.5 Å². The molecule has 1 N–H and O–H groups in total. The van der Waals surface area contributed by atoms with E-state index in [0.29, 0.717) is 26.1 Å². The van der Waals surface area contributed by atoms with Gasteiger partial charge in [-0.3, -0.25) is 4.72 Å². The number of benzene rings is 1. The van der Waals surface area contributed by atoms with Crippen molar-refractivity contribution in [1.82, 2.24) is 4.72 Å². The molecule has 2 rings (SSSR count). The maximum Gasteiger partial charge on any atom is 0.157 e. The van der Waals surface area contributed by atoms with Crippen LogP contribution in [0.4, 0.5) is 8.78 Å². The predicted molar refractivity (Wildman–Crippen MR) is 66.1 cm³/mol. The van der Waals surface area contributed by atoms with Crippen LogP contribution < -0.4 is 4.72 Å². The van der Waals surface area contributed by atoms with E-state index in [1.807, 2.05) is 0 Å². The Bertz CT molecular complexity index is 400. The molecule has 0 amide bonds. The van der Waals surface area contributed by atoms with E-state index in [1.165, 1.54) is 6.07 Å². The molecule has 100 valence electrons. The van der Waals surface area contributed by atoms with E-state index in [0.717, 1.165) is 12.1 Å². The Labute approximate surface area is 110 Å². The maximum absolute atomic E-state index is 13.6. The molecule has 1 aromatic carbocycles. The van der Waals surface area contributed by atoms with E-state index >= 15 is 0 Å². The van der Waals surface area contributed by atoms with Crippen LogP contribution in [0.15, 0.2) is 18.2 Å². The van der Waals surface area contributed by atoms with Gasteiger partial charge in [0, 0.05) is 18.0 Å². The van der Waals surface area contributed by atoms with Gasteiger partial charge in [-0.05, 0) is 24.6 Å². The van der Waals surface area contributed by atoms with Gasteiger partial charge in [-0.2, -0.15) is 0 Å². The molecule has 1 unspecified atom stereocenters. The molecule has 0 aromatic heterocycles. The number of thiol groups is 1. The van der Waals surface area contributed by atoms with Crippen molar-refractivity contribution >= 4 is 12.8 Å². The Kier molecular flexibility index (Phi) is 4.94. The quantitative estimate of drug-likeness (QED) is 0.810. The van der Waals surface area contributed by atoms with Crippen molar-refractivity contribution < 1.29 is 18.3 Å². The molecular formula is C12H15F2NO2S. The monoisotopic (exact) mass is 275 g/mol. The third-order valence-electron chi connectivity index (χ3n) is 2.87. The molecule has 0 aliphatic carbocycles. The molecule has 0 bridgehead atoms. The first-order chi connectivity index (χ1) is 8.70. The van der Waals surface area contributed by atoms with Crippen molar-refractivity contribution in [3.63, 3.8) is 0 Å². The van der Waals surface area contributed by atoms with E-state index in [1.54, 1.807) is 0 Å². The molecule has 1 fully saturated rings. The van der Waals surface area contributed by atoms with Crippen molar-refractivity contribution in [3.05, 3.63) is 35.4 Å². The Hall–Kier alpha value is -0.690. The Morgan fingerprint density at radius 2 is 2.06 bits per heavy atom. The van der Waals surface area contributed by atoms with Gasteiger partial charge in [0.2, 0.25) is 0 Å². The Morgan fingerprint density at radius 3 is 2.72 bits per heavy atom. The van der Waals surface area contributed by atoms with Gasteiger partial charge >= 0.3 is 0 Å². The fraction of sp³-hybridized carbons (Fsp3) is 0.500. The second-order valence-corrected chi connectivity index (χ2v) is 4.35. The third-order valence-corrected chi connectivity index (χ3v) is 3.18. The summed E-state index contributed by atoms with van der Waals surface area (Å²) in [4.78, 5) is 0. The van der Waals surface area contributed by atoms with Gasteiger partial charge in [-0.25, -0.2) is 8.78 Å². The molecule has 0 saturated carbocycles. The second kappa shape index (κ2) is 6.47. The summed E-state index contributed by atoms with van der Waals surface area (Å²) in [5, 5.41) is 0. The van der Waals surface area contributed by atoms with Gasteiger partial charge in [-0.15, -0.1) is 0 Å². The van der Waals surface area contributed by atoms with E-state index in [4.69, 9.17) is 9.47 Å². The zero-order valence-corrected chi connectivity index (χ0v) is 10.6. The lowest BCUT2D eigenvalue weighted by Gasteiger charge is -2.18. The minimum Gasteiger partial charge on any atom is -0.350 e. The molecule has 1 aliphatic heterocycles. The molecule has 0 radical (unpaired) electrons. The van der Waals surface area contributed by atoms with E-state index < -0.39 is 11.6 Å². The predicted octanol–water partition coefficient (Wildman–Crippen LogP) is 2.59. The standard InChI is InChI=1S/C12H15F2NO2S/c13-8-1-2-10(14)9(7-8)11(15-18)3-4-12-16-5-6-17-12/h1-2,7,11-12,15,18H,3-6H2. The molecule has 1 aromatic rings. The van der Waals surface area contributed by atoms with Crippen molar-refractivity contribution in [3.8, 4) is 0 Å². The minimum atomic E-state index is -0.464. The van der Waals surface area contributed by atoms with Gasteiger partial charge in [0.25, 0.3) is 0 Å². The van der Waals surface area contributed by atoms with Crippen LogP contribution in [0.25, 0.3) is 0 Å². The zero-order chi connectivity index (χ0) is 13.0. The largest absolute Gasteiger partial charge is 0.350 e. The molecule has 0 spiro atoms. The molecule has 18 heavy (non-hydrogen) atoms. The van der Waals surface area contributed by atoms with Crippen molar-refractivity contribution in [1.29, 1.82) is 0 Å². The van der Waals surface area contributed by atoms with E-state index in [-0.39, 0.29) is 17.9 Å². The number of hydrogen-bond donors (Lipinski definition) is 2. The van der Waals surface area contributed by atoms with Crippen LogP contribution in [-0.2, 0) is 9.47 Å². The first-order valence-corrected chi connectivity index (χ1v) is 6.23. The van der Waals surface area contributed by atoms with Crippen molar-refractivity contribution in [2.24, 2.45) is 0 Å². The maximum atomic E-state index is 13.6. The second-order valence-electron chi connectivity index (χ2n) is 4.10. The smallest absolute Gasteiger partial charge is 0.157 e. The molecular weight excluding hydrogens is 260 g/mol. The van der Waals surface area contributed by atoms with Crippen molar-refractivity contribution in [2.75, 3.05) is 13.2 Å².